The van der Waals surface area contributed by atoms with Crippen LogP contribution in [0.15, 0.2) is 30.3 Å². The lowest BCUT2D eigenvalue weighted by molar-refractivity contribution is -0.160. The van der Waals surface area contributed by atoms with Gasteiger partial charge in [0.25, 0.3) is 0 Å². The van der Waals surface area contributed by atoms with Crippen molar-refractivity contribution in [2.24, 2.45) is 5.73 Å². The van der Waals surface area contributed by atoms with E-state index in [-0.39, 0.29) is 6.42 Å². The summed E-state index contributed by atoms with van der Waals surface area (Å²) in [4.78, 5) is 47.8. The lowest BCUT2D eigenvalue weighted by Gasteiger charge is -2.29. The van der Waals surface area contributed by atoms with Crippen molar-refractivity contribution in [1.29, 1.82) is 0 Å². The number of nitrogens with two attached hydrogens (primary N) is 1. The van der Waals surface area contributed by atoms with Crippen molar-refractivity contribution in [2.75, 3.05) is 7.11 Å². The van der Waals surface area contributed by atoms with Crippen LogP contribution in [0.3, 0.4) is 0 Å². The number of carbonyl (C=O) groups is 4. The number of carboxylic acids is 1. The number of nitrogens with zero attached hydrogens (tertiary/aromatic N) is 1. The van der Waals surface area contributed by atoms with Gasteiger partial charge in [-0.15, -0.1) is 0 Å². The van der Waals surface area contributed by atoms with Crippen LogP contribution in [0, 0.1) is 0 Å². The van der Waals surface area contributed by atoms with Gasteiger partial charge in [0.1, 0.15) is 6.04 Å². The molecule has 0 aromatic heterocycles. The molecule has 8 nitrogen and oxygen atoms in total. The van der Waals surface area contributed by atoms with Crippen LogP contribution < -0.4 is 5.73 Å². The molecular weight excluding hydrogens is 316 g/mol. The number of carboxylic acid groups (broad SMARTS) is 1. The second kappa shape index (κ2) is 8.78. The first kappa shape index (κ1) is 19.3. The number of hydrogen-bond acceptors (Lipinski definition) is 6. The van der Waals surface area contributed by atoms with E-state index < -0.39 is 42.3 Å². The summed E-state index contributed by atoms with van der Waals surface area (Å²) in [6.07, 6.45) is -0.611. The third-order valence-electron chi connectivity index (χ3n) is 3.35. The van der Waals surface area contributed by atoms with E-state index in [0.29, 0.717) is 10.5 Å². The number of esters is 1. The zero-order valence-corrected chi connectivity index (χ0v) is 13.5. The Kier molecular flexibility index (Phi) is 7.06. The molecule has 0 saturated heterocycles. The van der Waals surface area contributed by atoms with Crippen molar-refractivity contribution in [3.63, 3.8) is 0 Å². The Hall–Kier alpha value is -2.74. The molecule has 24 heavy (non-hydrogen) atoms. The number of amides is 2. The van der Waals surface area contributed by atoms with Crippen molar-refractivity contribution in [3.8, 4) is 0 Å². The van der Waals surface area contributed by atoms with Gasteiger partial charge in [-0.1, -0.05) is 30.3 Å². The lowest BCUT2D eigenvalue weighted by atomic mass is 10.0. The van der Waals surface area contributed by atoms with Crippen LogP contribution in [-0.4, -0.2) is 53.0 Å². The summed E-state index contributed by atoms with van der Waals surface area (Å²) in [5, 5.41) is 8.76. The molecule has 0 saturated carbocycles. The average Bonchev–Trinajstić information content (AvgIpc) is 2.53. The standard InChI is InChI=1S/C16H20N2O6/c1-10(19)18(15(22)12(17)9-14(20)21)13(16(23)24-2)8-11-6-4-3-5-7-11/h3-7,12-13H,8-9,17H2,1-2H3,(H,20,21). The molecule has 0 spiro atoms. The van der Waals surface area contributed by atoms with Crippen molar-refractivity contribution in [1.82, 2.24) is 4.90 Å². The number of hydrogen-bond donors (Lipinski definition) is 2. The zero-order chi connectivity index (χ0) is 18.3. The van der Waals surface area contributed by atoms with Gasteiger partial charge in [-0.3, -0.25) is 19.3 Å². The van der Waals surface area contributed by atoms with E-state index in [1.165, 1.54) is 0 Å². The first-order valence-electron chi connectivity index (χ1n) is 7.20. The summed E-state index contributed by atoms with van der Waals surface area (Å²) in [6.45, 7) is 1.10. The second-order valence-corrected chi connectivity index (χ2v) is 5.16. The summed E-state index contributed by atoms with van der Waals surface area (Å²) in [6, 6.07) is 6.09. The van der Waals surface area contributed by atoms with Crippen LogP contribution in [0.4, 0.5) is 0 Å². The van der Waals surface area contributed by atoms with Gasteiger partial charge in [0.2, 0.25) is 11.8 Å². The summed E-state index contributed by atoms with van der Waals surface area (Å²) < 4.78 is 4.68. The Bertz CT molecular complexity index is 616. The van der Waals surface area contributed by atoms with E-state index in [4.69, 9.17) is 10.8 Å². The molecule has 2 amide bonds. The molecule has 1 aromatic rings. The monoisotopic (exact) mass is 336 g/mol. The first-order chi connectivity index (χ1) is 11.3. The van der Waals surface area contributed by atoms with Gasteiger partial charge in [-0.25, -0.2) is 4.79 Å². The fraction of sp³-hybridized carbons (Fsp3) is 0.375. The molecule has 2 atom stereocenters. The smallest absolute Gasteiger partial charge is 0.329 e. The van der Waals surface area contributed by atoms with Crippen LogP contribution in [-0.2, 0) is 30.3 Å². The molecule has 1 aromatic carbocycles. The van der Waals surface area contributed by atoms with Gasteiger partial charge >= 0.3 is 11.9 Å². The van der Waals surface area contributed by atoms with Crippen LogP contribution >= 0.6 is 0 Å². The summed E-state index contributed by atoms with van der Waals surface area (Å²) >= 11 is 0. The van der Waals surface area contributed by atoms with Crippen molar-refractivity contribution in [2.45, 2.75) is 31.8 Å². The van der Waals surface area contributed by atoms with Gasteiger partial charge in [-0.05, 0) is 5.56 Å². The topological polar surface area (TPSA) is 127 Å². The molecule has 0 heterocycles. The minimum atomic E-state index is -1.44. The van der Waals surface area contributed by atoms with Crippen molar-refractivity contribution in [3.05, 3.63) is 35.9 Å². The van der Waals surface area contributed by atoms with Gasteiger partial charge in [0.15, 0.2) is 0 Å². The molecule has 3 N–H and O–H groups in total. The third-order valence-corrected chi connectivity index (χ3v) is 3.35. The number of imide groups is 1. The maximum atomic E-state index is 12.4. The highest BCUT2D eigenvalue weighted by Gasteiger charge is 2.36. The molecule has 130 valence electrons. The van der Waals surface area contributed by atoms with E-state index in [1.54, 1.807) is 30.3 Å². The van der Waals surface area contributed by atoms with E-state index in [0.717, 1.165) is 14.0 Å². The van der Waals surface area contributed by atoms with Crippen LogP contribution in [0.1, 0.15) is 18.9 Å². The number of ether oxygens (including phenoxy) is 1. The van der Waals surface area contributed by atoms with Crippen molar-refractivity contribution < 1.29 is 29.0 Å². The van der Waals surface area contributed by atoms with E-state index in [2.05, 4.69) is 4.74 Å². The number of carbonyl (C=O) groups excluding carboxylic acids is 3. The fourth-order valence-electron chi connectivity index (χ4n) is 2.24. The molecule has 1 rings (SSSR count). The Morgan fingerprint density at radius 3 is 2.25 bits per heavy atom. The van der Waals surface area contributed by atoms with E-state index in [1.807, 2.05) is 0 Å². The minimum Gasteiger partial charge on any atom is -0.481 e. The number of aliphatic carboxylic acids is 1. The highest BCUT2D eigenvalue weighted by Crippen LogP contribution is 2.13. The van der Waals surface area contributed by atoms with Crippen LogP contribution in [0.2, 0.25) is 0 Å². The minimum absolute atomic E-state index is 0.0403. The SMILES string of the molecule is COC(=O)C(Cc1ccccc1)N(C(C)=O)C(=O)C(N)CC(=O)O. The highest BCUT2D eigenvalue weighted by atomic mass is 16.5. The fourth-order valence-corrected chi connectivity index (χ4v) is 2.24. The first-order valence-corrected chi connectivity index (χ1v) is 7.20. The van der Waals surface area contributed by atoms with Crippen LogP contribution in [0.25, 0.3) is 0 Å². The van der Waals surface area contributed by atoms with Gasteiger partial charge in [-0.2, -0.15) is 0 Å². The Balaban J connectivity index is 3.13. The predicted octanol–water partition coefficient (Wildman–Crippen LogP) is -0.0522. The summed E-state index contributed by atoms with van der Waals surface area (Å²) in [7, 11) is 1.14. The van der Waals surface area contributed by atoms with Gasteiger partial charge < -0.3 is 15.6 Å². The number of rotatable bonds is 7. The lowest BCUT2D eigenvalue weighted by Crippen LogP contribution is -2.55. The van der Waals surface area contributed by atoms with Gasteiger partial charge in [0, 0.05) is 13.3 Å². The zero-order valence-electron chi connectivity index (χ0n) is 13.5. The molecule has 0 aliphatic heterocycles. The van der Waals surface area contributed by atoms with E-state index >= 15 is 0 Å². The average molecular weight is 336 g/mol. The van der Waals surface area contributed by atoms with Gasteiger partial charge in [0.05, 0.1) is 19.6 Å². The third kappa shape index (κ3) is 5.17. The number of methoxy groups -OCH3 is 1. The Morgan fingerprint density at radius 1 is 1.21 bits per heavy atom. The van der Waals surface area contributed by atoms with Crippen molar-refractivity contribution >= 4 is 23.8 Å². The molecule has 0 aliphatic rings. The predicted molar refractivity (Wildman–Crippen MR) is 83.7 cm³/mol. The Labute approximate surface area is 139 Å². The normalized spacial score (nSPS) is 12.8. The molecule has 0 fully saturated rings. The summed E-state index contributed by atoms with van der Waals surface area (Å²) in [5.74, 6) is -3.72. The Morgan fingerprint density at radius 2 is 1.79 bits per heavy atom. The quantitative estimate of drug-likeness (QED) is 0.668. The highest BCUT2D eigenvalue weighted by molar-refractivity contribution is 6.01. The second-order valence-electron chi connectivity index (χ2n) is 5.16. The largest absolute Gasteiger partial charge is 0.481 e. The molecular formula is C16H20N2O6. The molecule has 2 unspecified atom stereocenters. The van der Waals surface area contributed by atoms with E-state index in [9.17, 15) is 19.2 Å². The van der Waals surface area contributed by atoms with Crippen LogP contribution in [0.5, 0.6) is 0 Å². The maximum Gasteiger partial charge on any atom is 0.329 e. The molecule has 0 aliphatic carbocycles. The molecule has 8 heteroatoms. The summed E-state index contributed by atoms with van der Waals surface area (Å²) in [5.41, 5.74) is 6.26. The molecule has 0 bridgehead atoms. The molecule has 0 radical (unpaired) electrons. The maximum absolute atomic E-state index is 12.4. The number of benzene rings is 1.